The number of likely N-dealkylation sites (tertiary alicyclic amines) is 1. The van der Waals surface area contributed by atoms with Crippen LogP contribution in [0.15, 0.2) is 0 Å². The molecule has 1 saturated heterocycles. The van der Waals surface area contributed by atoms with Gasteiger partial charge in [0.1, 0.15) is 5.60 Å². The van der Waals surface area contributed by atoms with Crippen molar-refractivity contribution in [3.05, 3.63) is 0 Å². The molecule has 1 rings (SSSR count). The molecule has 0 spiro atoms. The summed E-state index contributed by atoms with van der Waals surface area (Å²) in [5.74, 6) is 0. The first-order chi connectivity index (χ1) is 11.3. The third kappa shape index (κ3) is 6.30. The van der Waals surface area contributed by atoms with Gasteiger partial charge in [0.25, 0.3) is 0 Å². The highest BCUT2D eigenvalue weighted by Crippen LogP contribution is 2.39. The Balaban J connectivity index is 3.00. The largest absolute Gasteiger partial charge is 0.444 e. The van der Waals surface area contributed by atoms with Gasteiger partial charge in [-0.3, -0.25) is 0 Å². The van der Waals surface area contributed by atoms with Crippen LogP contribution in [0.5, 0.6) is 0 Å². The summed E-state index contributed by atoms with van der Waals surface area (Å²) in [6.07, 6.45) is 2.58. The molecule has 0 aromatic rings. The number of piperidine rings is 1. The number of nitriles is 1. The average Bonchev–Trinajstić information content (AvgIpc) is 2.42. The third-order valence-electron chi connectivity index (χ3n) is 5.15. The maximum Gasteiger partial charge on any atom is 0.410 e. The topological polar surface area (TPSA) is 62.6 Å². The summed E-state index contributed by atoms with van der Waals surface area (Å²) < 4.78 is 12.2. The van der Waals surface area contributed by atoms with Crippen molar-refractivity contribution >= 4 is 14.4 Å². The normalized spacial score (nSPS) is 22.4. The molecule has 25 heavy (non-hydrogen) atoms. The fourth-order valence-electron chi connectivity index (χ4n) is 2.82. The summed E-state index contributed by atoms with van der Waals surface area (Å²) in [4.78, 5) is 14.5. The second kappa shape index (κ2) is 8.09. The Morgan fingerprint density at radius 3 is 2.32 bits per heavy atom. The Morgan fingerprint density at radius 2 is 1.84 bits per heavy atom. The first-order valence-corrected chi connectivity index (χ1v) is 12.2. The van der Waals surface area contributed by atoms with Crippen molar-refractivity contribution in [1.82, 2.24) is 4.90 Å². The molecule has 0 radical (unpaired) electrons. The van der Waals surface area contributed by atoms with Gasteiger partial charge in [-0.15, -0.1) is 0 Å². The molecule has 1 fully saturated rings. The van der Waals surface area contributed by atoms with Crippen molar-refractivity contribution in [1.29, 1.82) is 5.26 Å². The quantitative estimate of drug-likeness (QED) is 0.649. The standard InChI is InChI=1S/C19H36N2O3Si/c1-18(2,3)23-17(22)21-14-10-12-16(15(21)11-9-13-20)24-25(7,8)19(4,5)6/h15-16H,9-12,14H2,1-8H3/t15-,16+/m1/s1. The lowest BCUT2D eigenvalue weighted by Gasteiger charge is -2.46. The Hall–Kier alpha value is -1.06. The van der Waals surface area contributed by atoms with Gasteiger partial charge in [-0.05, 0) is 58.2 Å². The zero-order valence-electron chi connectivity index (χ0n) is 17.3. The Morgan fingerprint density at radius 1 is 1.24 bits per heavy atom. The van der Waals surface area contributed by atoms with Gasteiger partial charge in [-0.2, -0.15) is 5.26 Å². The van der Waals surface area contributed by atoms with Gasteiger partial charge in [-0.1, -0.05) is 20.8 Å². The first-order valence-electron chi connectivity index (χ1n) is 9.33. The van der Waals surface area contributed by atoms with Gasteiger partial charge in [0.2, 0.25) is 0 Å². The molecule has 6 heteroatoms. The SMILES string of the molecule is CC(C)(C)OC(=O)N1CCC[C@H](O[Si](C)(C)C(C)(C)C)[C@H]1CCC#N. The fraction of sp³-hybridized carbons (Fsp3) is 0.895. The number of carbonyl (C=O) groups is 1. The van der Waals surface area contributed by atoms with Crippen LogP contribution in [-0.2, 0) is 9.16 Å². The number of ether oxygens (including phenoxy) is 1. The fourth-order valence-corrected chi connectivity index (χ4v) is 4.20. The first kappa shape index (κ1) is 22.0. The molecule has 0 saturated carbocycles. The Kier molecular flexibility index (Phi) is 7.11. The van der Waals surface area contributed by atoms with Crippen LogP contribution in [-0.4, -0.2) is 43.6 Å². The molecule has 144 valence electrons. The van der Waals surface area contributed by atoms with Gasteiger partial charge in [0, 0.05) is 13.0 Å². The van der Waals surface area contributed by atoms with E-state index in [0.29, 0.717) is 19.4 Å². The lowest BCUT2D eigenvalue weighted by atomic mass is 9.95. The van der Waals surface area contributed by atoms with Crippen LogP contribution in [0.4, 0.5) is 4.79 Å². The van der Waals surface area contributed by atoms with Crippen LogP contribution < -0.4 is 0 Å². The number of nitrogens with zero attached hydrogens (tertiary/aromatic N) is 2. The number of carbonyl (C=O) groups excluding carboxylic acids is 1. The van der Waals surface area contributed by atoms with Gasteiger partial charge >= 0.3 is 6.09 Å². The zero-order valence-corrected chi connectivity index (χ0v) is 18.3. The lowest BCUT2D eigenvalue weighted by molar-refractivity contribution is -0.0210. The summed E-state index contributed by atoms with van der Waals surface area (Å²) in [5.41, 5.74) is -0.524. The molecule has 0 aromatic carbocycles. The highest BCUT2D eigenvalue weighted by molar-refractivity contribution is 6.74. The summed E-state index contributed by atoms with van der Waals surface area (Å²) in [6.45, 7) is 17.4. The van der Waals surface area contributed by atoms with E-state index in [2.05, 4.69) is 39.9 Å². The predicted octanol–water partition coefficient (Wildman–Crippen LogP) is 5.08. The summed E-state index contributed by atoms with van der Waals surface area (Å²) in [6, 6.07) is 2.13. The minimum absolute atomic E-state index is 0.0180. The van der Waals surface area contributed by atoms with Crippen molar-refractivity contribution in [3.63, 3.8) is 0 Å². The van der Waals surface area contributed by atoms with Gasteiger partial charge in [0.05, 0.1) is 18.2 Å². The van der Waals surface area contributed by atoms with Crippen LogP contribution in [0.3, 0.4) is 0 Å². The molecule has 0 aromatic heterocycles. The molecule has 5 nitrogen and oxygen atoms in total. The van der Waals surface area contributed by atoms with Crippen molar-refractivity contribution in [2.24, 2.45) is 0 Å². The van der Waals surface area contributed by atoms with Gasteiger partial charge in [-0.25, -0.2) is 4.79 Å². The van der Waals surface area contributed by atoms with Crippen molar-refractivity contribution < 1.29 is 14.0 Å². The second-order valence-electron chi connectivity index (χ2n) is 9.50. The minimum Gasteiger partial charge on any atom is -0.444 e. The monoisotopic (exact) mass is 368 g/mol. The molecule has 0 bridgehead atoms. The Labute approximate surface area is 154 Å². The van der Waals surface area contributed by atoms with E-state index in [4.69, 9.17) is 14.4 Å². The molecule has 1 aliphatic rings. The third-order valence-corrected chi connectivity index (χ3v) is 9.65. The molecule has 2 atom stereocenters. The van der Waals surface area contributed by atoms with Crippen LogP contribution in [0.1, 0.15) is 67.2 Å². The van der Waals surface area contributed by atoms with Crippen LogP contribution in [0, 0.1) is 11.3 Å². The lowest BCUT2D eigenvalue weighted by Crippen LogP contribution is -2.56. The highest BCUT2D eigenvalue weighted by atomic mass is 28.4. The number of rotatable bonds is 4. The number of hydrogen-bond donors (Lipinski definition) is 0. The van der Waals surface area contributed by atoms with E-state index in [0.717, 1.165) is 12.8 Å². The summed E-state index contributed by atoms with van der Waals surface area (Å²) in [5, 5.41) is 9.15. The van der Waals surface area contributed by atoms with Crippen LogP contribution >= 0.6 is 0 Å². The van der Waals surface area contributed by atoms with Crippen molar-refractivity contribution in [2.45, 2.75) is 103 Å². The number of hydrogen-bond acceptors (Lipinski definition) is 4. The smallest absolute Gasteiger partial charge is 0.410 e. The van der Waals surface area contributed by atoms with Crippen molar-refractivity contribution in [3.8, 4) is 6.07 Å². The van der Waals surface area contributed by atoms with Gasteiger partial charge < -0.3 is 14.1 Å². The van der Waals surface area contributed by atoms with E-state index in [9.17, 15) is 4.79 Å². The van der Waals surface area contributed by atoms with E-state index in [1.54, 1.807) is 4.90 Å². The van der Waals surface area contributed by atoms with Crippen LogP contribution in [0.25, 0.3) is 0 Å². The van der Waals surface area contributed by atoms with E-state index in [1.165, 1.54) is 0 Å². The van der Waals surface area contributed by atoms with E-state index >= 15 is 0 Å². The molecule has 1 heterocycles. The Bertz CT molecular complexity index is 500. The average molecular weight is 369 g/mol. The molecule has 0 aliphatic carbocycles. The molecule has 0 N–H and O–H groups in total. The number of amides is 1. The molecule has 1 amide bonds. The highest BCUT2D eigenvalue weighted by Gasteiger charge is 2.44. The molecular formula is C19H36N2O3Si. The molecule has 0 unspecified atom stereocenters. The maximum absolute atomic E-state index is 12.7. The van der Waals surface area contributed by atoms with E-state index in [-0.39, 0.29) is 23.3 Å². The zero-order chi connectivity index (χ0) is 19.5. The second-order valence-corrected chi connectivity index (χ2v) is 14.3. The summed E-state index contributed by atoms with van der Waals surface area (Å²) >= 11 is 0. The van der Waals surface area contributed by atoms with E-state index in [1.807, 2.05) is 20.8 Å². The minimum atomic E-state index is -1.95. The van der Waals surface area contributed by atoms with Gasteiger partial charge in [0.15, 0.2) is 8.32 Å². The van der Waals surface area contributed by atoms with E-state index < -0.39 is 13.9 Å². The predicted molar refractivity (Wildman–Crippen MR) is 103 cm³/mol. The molecular weight excluding hydrogens is 332 g/mol. The van der Waals surface area contributed by atoms with Crippen molar-refractivity contribution in [2.75, 3.05) is 6.54 Å². The van der Waals surface area contributed by atoms with Crippen LogP contribution in [0.2, 0.25) is 18.1 Å². The molecule has 1 aliphatic heterocycles. The maximum atomic E-state index is 12.7. The summed E-state index contributed by atoms with van der Waals surface area (Å²) in [7, 11) is -1.95.